The fourth-order valence-corrected chi connectivity index (χ4v) is 2.83. The quantitative estimate of drug-likeness (QED) is 0.499. The summed E-state index contributed by atoms with van der Waals surface area (Å²) in [6, 6.07) is 28.7. The second kappa shape index (κ2) is 9.26. The first kappa shape index (κ1) is 17.5. The summed E-state index contributed by atoms with van der Waals surface area (Å²) in [7, 11) is 0. The van der Waals surface area contributed by atoms with Crippen LogP contribution in [-0.2, 0) is 19.6 Å². The minimum Gasteiger partial charge on any atom is -0.489 e. The highest BCUT2D eigenvalue weighted by Gasteiger charge is 2.03. The zero-order chi connectivity index (χ0) is 17.3. The number of hydrogen-bond acceptors (Lipinski definition) is 2. The van der Waals surface area contributed by atoms with Gasteiger partial charge >= 0.3 is 0 Å². The van der Waals surface area contributed by atoms with E-state index in [9.17, 15) is 0 Å². The van der Waals surface area contributed by atoms with Crippen molar-refractivity contribution in [3.63, 3.8) is 0 Å². The Labute approximate surface area is 154 Å². The lowest BCUT2D eigenvalue weighted by Crippen LogP contribution is -2.15. The van der Waals surface area contributed by atoms with Gasteiger partial charge in [-0.1, -0.05) is 72.8 Å². The maximum atomic E-state index is 6.32. The van der Waals surface area contributed by atoms with Gasteiger partial charge in [-0.15, -0.1) is 0 Å². The van der Waals surface area contributed by atoms with E-state index >= 15 is 0 Å². The highest BCUT2D eigenvalue weighted by atomic mass is 35.5. The Morgan fingerprint density at radius 3 is 1.92 bits per heavy atom. The molecule has 3 aromatic carbocycles. The summed E-state index contributed by atoms with van der Waals surface area (Å²) in [6.45, 7) is 2.15. The van der Waals surface area contributed by atoms with Crippen molar-refractivity contribution < 1.29 is 4.74 Å². The molecule has 0 saturated heterocycles. The Morgan fingerprint density at radius 1 is 0.680 bits per heavy atom. The van der Waals surface area contributed by atoms with Gasteiger partial charge in [-0.25, -0.2) is 4.42 Å². The molecular formula is C22H22ClNO. The van der Waals surface area contributed by atoms with Gasteiger partial charge in [0.25, 0.3) is 0 Å². The molecule has 0 atom stereocenters. The number of halogens is 1. The van der Waals surface area contributed by atoms with E-state index < -0.39 is 0 Å². The lowest BCUT2D eigenvalue weighted by Gasteiger charge is -2.14. The van der Waals surface area contributed by atoms with Gasteiger partial charge < -0.3 is 4.74 Å². The number of benzene rings is 3. The predicted molar refractivity (Wildman–Crippen MR) is 104 cm³/mol. The Kier molecular flexibility index (Phi) is 6.49. The summed E-state index contributed by atoms with van der Waals surface area (Å²) in [4.78, 5) is 0. The molecule has 0 aliphatic rings. The van der Waals surface area contributed by atoms with E-state index in [1.54, 1.807) is 0 Å². The summed E-state index contributed by atoms with van der Waals surface area (Å²) < 4.78 is 7.64. The Bertz CT molecular complexity index is 744. The van der Waals surface area contributed by atoms with Crippen molar-refractivity contribution in [1.82, 2.24) is 4.42 Å². The third kappa shape index (κ3) is 5.93. The van der Waals surface area contributed by atoms with Crippen LogP contribution < -0.4 is 4.74 Å². The zero-order valence-corrected chi connectivity index (χ0v) is 14.9. The Hall–Kier alpha value is -2.29. The normalized spacial score (nSPS) is 10.8. The molecule has 25 heavy (non-hydrogen) atoms. The van der Waals surface area contributed by atoms with Crippen molar-refractivity contribution in [1.29, 1.82) is 0 Å². The topological polar surface area (TPSA) is 12.5 Å². The van der Waals surface area contributed by atoms with Crippen molar-refractivity contribution in [2.24, 2.45) is 0 Å². The van der Waals surface area contributed by atoms with E-state index in [1.807, 2.05) is 52.9 Å². The smallest absolute Gasteiger partial charge is 0.119 e. The Morgan fingerprint density at radius 2 is 1.28 bits per heavy atom. The second-order valence-corrected chi connectivity index (χ2v) is 6.48. The van der Waals surface area contributed by atoms with Gasteiger partial charge in [0, 0.05) is 13.1 Å². The van der Waals surface area contributed by atoms with E-state index in [-0.39, 0.29) is 0 Å². The molecule has 0 spiro atoms. The first-order valence-electron chi connectivity index (χ1n) is 8.50. The van der Waals surface area contributed by atoms with E-state index in [1.165, 1.54) is 16.7 Å². The van der Waals surface area contributed by atoms with E-state index in [4.69, 9.17) is 16.5 Å². The van der Waals surface area contributed by atoms with Crippen molar-refractivity contribution >= 4 is 11.8 Å². The summed E-state index contributed by atoms with van der Waals surface area (Å²) >= 11 is 6.32. The molecule has 128 valence electrons. The van der Waals surface area contributed by atoms with Crippen LogP contribution in [0, 0.1) is 0 Å². The standard InChI is InChI=1S/C22H22ClNO/c23-24(17-20-7-3-1-4-8-20)16-15-19-11-13-22(14-12-19)25-18-21-9-5-2-6-10-21/h1-14H,15-18H2. The average molecular weight is 352 g/mol. The minimum atomic E-state index is 0.590. The van der Waals surface area contributed by atoms with Crippen molar-refractivity contribution in [3.8, 4) is 5.75 Å². The summed E-state index contributed by atoms with van der Waals surface area (Å²) in [5.74, 6) is 0.889. The molecule has 0 aromatic heterocycles. The van der Waals surface area contributed by atoms with Gasteiger partial charge in [0.2, 0.25) is 0 Å². The van der Waals surface area contributed by atoms with Crippen LogP contribution >= 0.6 is 11.8 Å². The minimum absolute atomic E-state index is 0.590. The number of nitrogens with zero attached hydrogens (tertiary/aromatic N) is 1. The van der Waals surface area contributed by atoms with Gasteiger partial charge in [0.15, 0.2) is 0 Å². The average Bonchev–Trinajstić information content (AvgIpc) is 2.67. The highest BCUT2D eigenvalue weighted by molar-refractivity contribution is 6.13. The van der Waals surface area contributed by atoms with Crippen LogP contribution in [0.3, 0.4) is 0 Å². The van der Waals surface area contributed by atoms with E-state index in [0.29, 0.717) is 6.61 Å². The lowest BCUT2D eigenvalue weighted by molar-refractivity contribution is 0.306. The third-order valence-electron chi connectivity index (χ3n) is 4.01. The molecule has 0 N–H and O–H groups in total. The van der Waals surface area contributed by atoms with Gasteiger partial charge in [0.1, 0.15) is 12.4 Å². The lowest BCUT2D eigenvalue weighted by atomic mass is 10.1. The van der Waals surface area contributed by atoms with Crippen LogP contribution in [-0.4, -0.2) is 11.0 Å². The summed E-state index contributed by atoms with van der Waals surface area (Å²) in [5.41, 5.74) is 3.65. The molecule has 0 bridgehead atoms. The van der Waals surface area contributed by atoms with Crippen LogP contribution in [0.2, 0.25) is 0 Å². The van der Waals surface area contributed by atoms with Crippen molar-refractivity contribution in [3.05, 3.63) is 102 Å². The molecule has 0 amide bonds. The maximum absolute atomic E-state index is 6.32. The van der Waals surface area contributed by atoms with E-state index in [0.717, 1.165) is 25.3 Å². The van der Waals surface area contributed by atoms with Gasteiger partial charge in [-0.05, 0) is 47.0 Å². The molecule has 3 rings (SSSR count). The fraction of sp³-hybridized carbons (Fsp3) is 0.182. The summed E-state index contributed by atoms with van der Waals surface area (Å²) in [6.07, 6.45) is 0.912. The Balaban J connectivity index is 1.44. The SMILES string of the molecule is ClN(CCc1ccc(OCc2ccccc2)cc1)Cc1ccccc1. The van der Waals surface area contributed by atoms with Crippen LogP contribution in [0.1, 0.15) is 16.7 Å². The number of ether oxygens (including phenoxy) is 1. The highest BCUT2D eigenvalue weighted by Crippen LogP contribution is 2.15. The molecule has 0 heterocycles. The predicted octanol–water partition coefficient (Wildman–Crippen LogP) is 5.46. The molecule has 0 aliphatic carbocycles. The largest absolute Gasteiger partial charge is 0.489 e. The summed E-state index contributed by atoms with van der Waals surface area (Å²) in [5, 5.41) is 0. The fourth-order valence-electron chi connectivity index (χ4n) is 2.60. The molecule has 3 heteroatoms. The zero-order valence-electron chi connectivity index (χ0n) is 14.1. The molecule has 2 nitrogen and oxygen atoms in total. The van der Waals surface area contributed by atoms with Crippen molar-refractivity contribution in [2.45, 2.75) is 19.6 Å². The van der Waals surface area contributed by atoms with Crippen LogP contribution in [0.15, 0.2) is 84.9 Å². The molecule has 0 saturated carbocycles. The molecule has 0 aliphatic heterocycles. The molecule has 3 aromatic rings. The first-order valence-corrected chi connectivity index (χ1v) is 8.84. The monoisotopic (exact) mass is 351 g/mol. The molecule has 0 fully saturated rings. The van der Waals surface area contributed by atoms with Crippen LogP contribution in [0.25, 0.3) is 0 Å². The van der Waals surface area contributed by atoms with Gasteiger partial charge in [-0.3, -0.25) is 0 Å². The molecule has 0 unspecified atom stereocenters. The number of hydrogen-bond donors (Lipinski definition) is 0. The van der Waals surface area contributed by atoms with Crippen LogP contribution in [0.4, 0.5) is 0 Å². The third-order valence-corrected chi connectivity index (χ3v) is 4.30. The van der Waals surface area contributed by atoms with Crippen molar-refractivity contribution in [2.75, 3.05) is 6.54 Å². The second-order valence-electron chi connectivity index (χ2n) is 6.00. The van der Waals surface area contributed by atoms with Gasteiger partial charge in [-0.2, -0.15) is 0 Å². The number of rotatable bonds is 8. The van der Waals surface area contributed by atoms with E-state index in [2.05, 4.69) is 36.4 Å². The molecule has 0 radical (unpaired) electrons. The first-order chi connectivity index (χ1) is 12.3. The maximum Gasteiger partial charge on any atom is 0.119 e. The molecular weight excluding hydrogens is 330 g/mol. The van der Waals surface area contributed by atoms with Gasteiger partial charge in [0.05, 0.1) is 0 Å². The van der Waals surface area contributed by atoms with Crippen LogP contribution in [0.5, 0.6) is 5.75 Å².